The number of oxime groups is 1. The van der Waals surface area contributed by atoms with Gasteiger partial charge < -0.3 is 23.8 Å². The molecule has 0 unspecified atom stereocenters. The second-order valence-electron chi connectivity index (χ2n) is 6.18. The fourth-order valence-electron chi connectivity index (χ4n) is 3.07. The van der Waals surface area contributed by atoms with Crippen LogP contribution in [0.2, 0.25) is 0 Å². The molecule has 1 aliphatic rings. The van der Waals surface area contributed by atoms with Crippen LogP contribution in [0.25, 0.3) is 5.57 Å². The summed E-state index contributed by atoms with van der Waals surface area (Å²) in [7, 11) is 4.34. The smallest absolute Gasteiger partial charge is 0.341 e. The molecular formula is C22H23NO6. The Morgan fingerprint density at radius 2 is 2.00 bits per heavy atom. The van der Waals surface area contributed by atoms with Gasteiger partial charge in [-0.2, -0.15) is 0 Å². The number of nitrogens with zero attached hydrogens (tertiary/aromatic N) is 1. The fraction of sp³-hybridized carbons (Fsp3) is 0.273. The second-order valence-corrected chi connectivity index (χ2v) is 6.18. The first kappa shape index (κ1) is 20.3. The van der Waals surface area contributed by atoms with Gasteiger partial charge in [-0.1, -0.05) is 29.4 Å². The molecule has 0 aliphatic carbocycles. The van der Waals surface area contributed by atoms with E-state index in [-0.39, 0.29) is 6.61 Å². The Morgan fingerprint density at radius 1 is 1.17 bits per heavy atom. The van der Waals surface area contributed by atoms with Gasteiger partial charge in [0, 0.05) is 18.1 Å². The van der Waals surface area contributed by atoms with Gasteiger partial charge in [-0.15, -0.1) is 0 Å². The molecule has 0 aromatic heterocycles. The van der Waals surface area contributed by atoms with Crippen molar-refractivity contribution in [3.05, 3.63) is 65.4 Å². The summed E-state index contributed by atoms with van der Waals surface area (Å²) >= 11 is 0. The minimum Gasteiger partial charge on any atom is -0.503 e. The van der Waals surface area contributed by atoms with Crippen molar-refractivity contribution in [3.8, 4) is 11.5 Å². The van der Waals surface area contributed by atoms with Gasteiger partial charge in [-0.3, -0.25) is 0 Å². The zero-order valence-corrected chi connectivity index (χ0v) is 16.6. The van der Waals surface area contributed by atoms with E-state index in [0.717, 1.165) is 16.8 Å². The highest BCUT2D eigenvalue weighted by molar-refractivity contribution is 6.16. The number of hydrogen-bond donors (Lipinski definition) is 0. The number of methoxy groups -OCH3 is 2. The van der Waals surface area contributed by atoms with E-state index in [4.69, 9.17) is 23.8 Å². The first-order valence-electron chi connectivity index (χ1n) is 9.07. The molecular weight excluding hydrogens is 374 g/mol. The molecule has 0 radical (unpaired) electrons. The van der Waals surface area contributed by atoms with Crippen LogP contribution in [-0.4, -0.2) is 39.6 Å². The normalized spacial score (nSPS) is 14.6. The lowest BCUT2D eigenvalue weighted by molar-refractivity contribution is -0.133. The number of carbonyl (C=O) groups excluding carboxylic acids is 1. The van der Waals surface area contributed by atoms with E-state index in [1.165, 1.54) is 27.6 Å². The van der Waals surface area contributed by atoms with Crippen molar-refractivity contribution in [3.63, 3.8) is 0 Å². The number of hydrogen-bond acceptors (Lipinski definition) is 7. The highest BCUT2D eigenvalue weighted by Gasteiger charge is 2.19. The molecule has 2 aromatic rings. The molecule has 7 heteroatoms. The van der Waals surface area contributed by atoms with Crippen LogP contribution in [0.5, 0.6) is 11.5 Å². The third-order valence-electron chi connectivity index (χ3n) is 4.40. The molecule has 0 atom stereocenters. The van der Waals surface area contributed by atoms with Crippen LogP contribution in [0, 0.1) is 0 Å². The lowest BCUT2D eigenvalue weighted by Crippen LogP contribution is -2.16. The van der Waals surface area contributed by atoms with Gasteiger partial charge in [-0.05, 0) is 23.3 Å². The molecule has 7 nitrogen and oxygen atoms in total. The summed E-state index contributed by atoms with van der Waals surface area (Å²) in [4.78, 5) is 17.0. The molecule has 0 fully saturated rings. The SMILES string of the molecule is COC=C(C(=O)OC)c1ccccc1COc1ccc2c(c1)OCCC2=NOC. The van der Waals surface area contributed by atoms with E-state index in [9.17, 15) is 4.79 Å². The maximum Gasteiger partial charge on any atom is 0.341 e. The largest absolute Gasteiger partial charge is 0.503 e. The number of ether oxygens (including phenoxy) is 4. The van der Waals surface area contributed by atoms with Gasteiger partial charge in [0.2, 0.25) is 0 Å². The average Bonchev–Trinajstić information content (AvgIpc) is 2.76. The Labute approximate surface area is 169 Å². The molecule has 3 rings (SSSR count). The number of esters is 1. The molecule has 0 bridgehead atoms. The maximum absolute atomic E-state index is 12.1. The van der Waals surface area contributed by atoms with Crippen molar-refractivity contribution in [1.29, 1.82) is 0 Å². The highest BCUT2D eigenvalue weighted by atomic mass is 16.6. The van der Waals surface area contributed by atoms with Crippen molar-refractivity contribution in [2.24, 2.45) is 5.16 Å². The summed E-state index contributed by atoms with van der Waals surface area (Å²) in [6.07, 6.45) is 2.06. The summed E-state index contributed by atoms with van der Waals surface area (Å²) in [6.45, 7) is 0.789. The van der Waals surface area contributed by atoms with Crippen LogP contribution in [0.4, 0.5) is 0 Å². The Morgan fingerprint density at radius 3 is 2.76 bits per heavy atom. The molecule has 0 amide bonds. The van der Waals surface area contributed by atoms with Gasteiger partial charge >= 0.3 is 5.97 Å². The van der Waals surface area contributed by atoms with E-state index >= 15 is 0 Å². The molecule has 1 heterocycles. The summed E-state index contributed by atoms with van der Waals surface area (Å²) in [5.41, 5.74) is 3.56. The van der Waals surface area contributed by atoms with Crippen molar-refractivity contribution >= 4 is 17.3 Å². The lowest BCUT2D eigenvalue weighted by Gasteiger charge is -2.19. The lowest BCUT2D eigenvalue weighted by atomic mass is 10.0. The van der Waals surface area contributed by atoms with Gasteiger partial charge in [0.05, 0.1) is 32.8 Å². The Hall–Kier alpha value is -3.48. The van der Waals surface area contributed by atoms with Crippen LogP contribution in [-0.2, 0) is 25.7 Å². The van der Waals surface area contributed by atoms with Crippen LogP contribution < -0.4 is 9.47 Å². The Bertz CT molecular complexity index is 935. The van der Waals surface area contributed by atoms with Gasteiger partial charge in [-0.25, -0.2) is 4.79 Å². The van der Waals surface area contributed by atoms with Crippen molar-refractivity contribution < 1.29 is 28.6 Å². The summed E-state index contributed by atoms with van der Waals surface area (Å²) in [5, 5.41) is 4.06. The van der Waals surface area contributed by atoms with Gasteiger partial charge in [0.1, 0.15) is 30.8 Å². The Kier molecular flexibility index (Phi) is 6.73. The first-order valence-corrected chi connectivity index (χ1v) is 9.07. The molecule has 1 aliphatic heterocycles. The average molecular weight is 397 g/mol. The van der Waals surface area contributed by atoms with E-state index in [1.807, 2.05) is 42.5 Å². The van der Waals surface area contributed by atoms with E-state index < -0.39 is 5.97 Å². The maximum atomic E-state index is 12.1. The fourth-order valence-corrected chi connectivity index (χ4v) is 3.07. The van der Waals surface area contributed by atoms with Crippen molar-refractivity contribution in [1.82, 2.24) is 0 Å². The summed E-state index contributed by atoms with van der Waals surface area (Å²) < 4.78 is 21.6. The molecule has 2 aromatic carbocycles. The molecule has 0 saturated carbocycles. The van der Waals surface area contributed by atoms with E-state index in [2.05, 4.69) is 5.16 Å². The number of rotatable bonds is 7. The van der Waals surface area contributed by atoms with Gasteiger partial charge in [0.25, 0.3) is 0 Å². The molecule has 29 heavy (non-hydrogen) atoms. The predicted octanol–water partition coefficient (Wildman–Crippen LogP) is 3.56. The zero-order chi connectivity index (χ0) is 20.6. The highest BCUT2D eigenvalue weighted by Crippen LogP contribution is 2.30. The monoisotopic (exact) mass is 397 g/mol. The van der Waals surface area contributed by atoms with E-state index in [0.29, 0.717) is 35.7 Å². The zero-order valence-electron chi connectivity index (χ0n) is 16.6. The summed E-state index contributed by atoms with van der Waals surface area (Å²) in [6, 6.07) is 13.0. The standard InChI is InChI=1S/C22H23NO6/c1-25-14-19(22(24)26-2)17-7-5-4-6-15(17)13-29-16-8-9-18-20(23-27-3)10-11-28-21(18)12-16/h4-9,12,14H,10-11,13H2,1-3H3. The number of fused-ring (bicyclic) bond motifs is 1. The molecule has 0 saturated heterocycles. The molecule has 0 spiro atoms. The van der Waals surface area contributed by atoms with Crippen LogP contribution in [0.1, 0.15) is 23.1 Å². The van der Waals surface area contributed by atoms with Crippen LogP contribution in [0.15, 0.2) is 53.9 Å². The summed E-state index contributed by atoms with van der Waals surface area (Å²) in [5.74, 6) is 0.867. The van der Waals surface area contributed by atoms with E-state index in [1.54, 1.807) is 0 Å². The minimum absolute atomic E-state index is 0.256. The topological polar surface area (TPSA) is 75.6 Å². The number of carbonyl (C=O) groups is 1. The molecule has 0 N–H and O–H groups in total. The number of benzene rings is 2. The van der Waals surface area contributed by atoms with Gasteiger partial charge in [0.15, 0.2) is 0 Å². The quantitative estimate of drug-likeness (QED) is 0.308. The first-order chi connectivity index (χ1) is 14.2. The van der Waals surface area contributed by atoms with Crippen molar-refractivity contribution in [2.75, 3.05) is 27.9 Å². The van der Waals surface area contributed by atoms with Crippen LogP contribution >= 0.6 is 0 Å². The molecule has 152 valence electrons. The van der Waals surface area contributed by atoms with Crippen molar-refractivity contribution in [2.45, 2.75) is 13.0 Å². The minimum atomic E-state index is -0.480. The second kappa shape index (κ2) is 9.64. The van der Waals surface area contributed by atoms with Crippen LogP contribution in [0.3, 0.4) is 0 Å². The predicted molar refractivity (Wildman–Crippen MR) is 108 cm³/mol. The third kappa shape index (κ3) is 4.68. The Balaban J connectivity index is 1.82. The third-order valence-corrected chi connectivity index (χ3v) is 4.40.